The molecule has 1 aromatic carbocycles. The van der Waals surface area contributed by atoms with Crippen LogP contribution in [0.1, 0.15) is 0 Å². The lowest BCUT2D eigenvalue weighted by molar-refractivity contribution is 0.192. The van der Waals surface area contributed by atoms with Crippen molar-refractivity contribution in [3.8, 4) is 17.2 Å². The van der Waals surface area contributed by atoms with Gasteiger partial charge in [0.05, 0.1) is 19.3 Å². The molecule has 1 aliphatic rings. The molecule has 140 valence electrons. The standard InChI is InChI=1S/C19H21N5O2S/c1-25-17-6-4-16(5-7-17)23-11-9-22(10-12-23)14-24-19(27)26-18(21-24)15-3-2-8-20-13-15/h2-8,13H,9-12,14H2,1H3. The maximum absolute atomic E-state index is 5.63. The minimum atomic E-state index is 0.381. The van der Waals surface area contributed by atoms with E-state index in [1.54, 1.807) is 24.2 Å². The first kappa shape index (κ1) is 17.7. The summed E-state index contributed by atoms with van der Waals surface area (Å²) in [6.07, 6.45) is 3.44. The number of hydrogen-bond acceptors (Lipinski definition) is 7. The van der Waals surface area contributed by atoms with Crippen LogP contribution in [-0.4, -0.2) is 53.0 Å². The quantitative estimate of drug-likeness (QED) is 0.628. The number of pyridine rings is 1. The third-order valence-electron chi connectivity index (χ3n) is 4.66. The molecule has 8 heteroatoms. The van der Waals surface area contributed by atoms with Crippen molar-refractivity contribution >= 4 is 17.9 Å². The normalized spacial score (nSPS) is 15.1. The number of piperazine rings is 1. The second-order valence-electron chi connectivity index (χ2n) is 6.36. The zero-order valence-corrected chi connectivity index (χ0v) is 15.9. The van der Waals surface area contributed by atoms with Gasteiger partial charge in [0.2, 0.25) is 5.89 Å². The Morgan fingerprint density at radius 2 is 1.89 bits per heavy atom. The van der Waals surface area contributed by atoms with E-state index in [1.807, 2.05) is 24.3 Å². The number of anilines is 1. The van der Waals surface area contributed by atoms with Gasteiger partial charge >= 0.3 is 0 Å². The zero-order chi connectivity index (χ0) is 18.6. The molecule has 3 heterocycles. The molecule has 4 rings (SSSR count). The minimum absolute atomic E-state index is 0.381. The Labute approximate surface area is 162 Å². The second-order valence-corrected chi connectivity index (χ2v) is 6.71. The number of hydrogen-bond donors (Lipinski definition) is 0. The Morgan fingerprint density at radius 1 is 1.11 bits per heavy atom. The van der Waals surface area contributed by atoms with Crippen LogP contribution in [0.15, 0.2) is 53.2 Å². The van der Waals surface area contributed by atoms with Crippen molar-refractivity contribution in [3.63, 3.8) is 0 Å². The van der Waals surface area contributed by atoms with Crippen LogP contribution in [-0.2, 0) is 6.67 Å². The first-order valence-electron chi connectivity index (χ1n) is 8.82. The SMILES string of the molecule is COc1ccc(N2CCN(Cn3nc(-c4cccnc4)oc3=S)CC2)cc1. The van der Waals surface area contributed by atoms with E-state index in [9.17, 15) is 0 Å². The number of aromatic nitrogens is 3. The van der Waals surface area contributed by atoms with Crippen molar-refractivity contribution in [2.24, 2.45) is 0 Å². The Hall–Kier alpha value is -2.71. The van der Waals surface area contributed by atoms with E-state index >= 15 is 0 Å². The molecule has 1 saturated heterocycles. The summed E-state index contributed by atoms with van der Waals surface area (Å²) in [5.41, 5.74) is 2.04. The Balaban J connectivity index is 1.38. The molecule has 0 unspecified atom stereocenters. The van der Waals surface area contributed by atoms with Gasteiger partial charge in [0.15, 0.2) is 0 Å². The Bertz CT molecular complexity index is 931. The van der Waals surface area contributed by atoms with Crippen LogP contribution in [0, 0.1) is 4.84 Å². The topological polar surface area (TPSA) is 59.6 Å². The van der Waals surface area contributed by atoms with Crippen LogP contribution in [0.5, 0.6) is 5.75 Å². The number of ether oxygens (including phenoxy) is 1. The molecule has 7 nitrogen and oxygen atoms in total. The minimum Gasteiger partial charge on any atom is -0.497 e. The zero-order valence-electron chi connectivity index (χ0n) is 15.1. The van der Waals surface area contributed by atoms with Gasteiger partial charge in [-0.05, 0) is 48.6 Å². The van der Waals surface area contributed by atoms with Crippen LogP contribution in [0.25, 0.3) is 11.5 Å². The maximum atomic E-state index is 5.63. The predicted octanol–water partition coefficient (Wildman–Crippen LogP) is 3.06. The lowest BCUT2D eigenvalue weighted by Gasteiger charge is -2.35. The fraction of sp³-hybridized carbons (Fsp3) is 0.316. The average molecular weight is 383 g/mol. The lowest BCUT2D eigenvalue weighted by atomic mass is 10.2. The van der Waals surface area contributed by atoms with Gasteiger partial charge in [0, 0.05) is 44.3 Å². The molecule has 27 heavy (non-hydrogen) atoms. The largest absolute Gasteiger partial charge is 0.497 e. The van der Waals surface area contributed by atoms with Crippen LogP contribution < -0.4 is 9.64 Å². The van der Waals surface area contributed by atoms with E-state index in [1.165, 1.54) is 5.69 Å². The van der Waals surface area contributed by atoms with E-state index in [-0.39, 0.29) is 0 Å². The summed E-state index contributed by atoms with van der Waals surface area (Å²) >= 11 is 5.33. The van der Waals surface area contributed by atoms with Gasteiger partial charge in [-0.15, -0.1) is 5.10 Å². The fourth-order valence-electron chi connectivity index (χ4n) is 3.13. The monoisotopic (exact) mass is 383 g/mol. The smallest absolute Gasteiger partial charge is 0.288 e. The highest BCUT2D eigenvalue weighted by Gasteiger charge is 2.19. The molecule has 0 N–H and O–H groups in total. The Morgan fingerprint density at radius 3 is 2.56 bits per heavy atom. The molecule has 0 radical (unpaired) electrons. The van der Waals surface area contributed by atoms with Crippen molar-refractivity contribution in [1.29, 1.82) is 0 Å². The molecule has 0 saturated carbocycles. The predicted molar refractivity (Wildman–Crippen MR) is 105 cm³/mol. The van der Waals surface area contributed by atoms with Crippen molar-refractivity contribution < 1.29 is 9.15 Å². The van der Waals surface area contributed by atoms with E-state index in [0.717, 1.165) is 37.5 Å². The molecule has 1 aliphatic heterocycles. The molecule has 0 bridgehead atoms. The molecule has 3 aromatic rings. The third kappa shape index (κ3) is 4.01. The van der Waals surface area contributed by atoms with Crippen LogP contribution >= 0.6 is 12.2 Å². The van der Waals surface area contributed by atoms with Gasteiger partial charge in [-0.3, -0.25) is 9.88 Å². The van der Waals surface area contributed by atoms with E-state index < -0.39 is 0 Å². The van der Waals surface area contributed by atoms with Gasteiger partial charge in [-0.1, -0.05) is 0 Å². The molecule has 0 spiro atoms. The molecule has 1 fully saturated rings. The van der Waals surface area contributed by atoms with Gasteiger partial charge in [-0.2, -0.15) is 0 Å². The van der Waals surface area contributed by atoms with Crippen molar-refractivity contribution in [2.45, 2.75) is 6.67 Å². The van der Waals surface area contributed by atoms with Crippen molar-refractivity contribution in [3.05, 3.63) is 53.6 Å². The Kier molecular flexibility index (Phi) is 5.17. The number of benzene rings is 1. The van der Waals surface area contributed by atoms with Crippen LogP contribution in [0.2, 0.25) is 0 Å². The first-order valence-corrected chi connectivity index (χ1v) is 9.23. The summed E-state index contributed by atoms with van der Waals surface area (Å²) in [5, 5.41) is 4.51. The van der Waals surface area contributed by atoms with Crippen molar-refractivity contribution in [2.75, 3.05) is 38.2 Å². The third-order valence-corrected chi connectivity index (χ3v) is 4.95. The second kappa shape index (κ2) is 7.89. The highest BCUT2D eigenvalue weighted by Crippen LogP contribution is 2.21. The fourth-order valence-corrected chi connectivity index (χ4v) is 3.31. The first-order chi connectivity index (χ1) is 13.2. The summed E-state index contributed by atoms with van der Waals surface area (Å²) in [6, 6.07) is 12.0. The molecular weight excluding hydrogens is 362 g/mol. The van der Waals surface area contributed by atoms with Gasteiger partial charge < -0.3 is 14.1 Å². The molecular formula is C19H21N5O2S. The average Bonchev–Trinajstić information content (AvgIpc) is 3.10. The van der Waals surface area contributed by atoms with Gasteiger partial charge in [0.25, 0.3) is 4.84 Å². The van der Waals surface area contributed by atoms with E-state index in [4.69, 9.17) is 21.4 Å². The van der Waals surface area contributed by atoms with Gasteiger partial charge in [-0.25, -0.2) is 4.68 Å². The lowest BCUT2D eigenvalue weighted by Crippen LogP contribution is -2.46. The molecule has 0 amide bonds. The summed E-state index contributed by atoms with van der Waals surface area (Å²) in [5.74, 6) is 1.38. The van der Waals surface area contributed by atoms with Crippen LogP contribution in [0.4, 0.5) is 5.69 Å². The molecule has 0 atom stereocenters. The highest BCUT2D eigenvalue weighted by atomic mass is 32.1. The van der Waals surface area contributed by atoms with E-state index in [0.29, 0.717) is 17.4 Å². The van der Waals surface area contributed by atoms with Gasteiger partial charge in [0.1, 0.15) is 5.75 Å². The van der Waals surface area contributed by atoms with Crippen LogP contribution in [0.3, 0.4) is 0 Å². The number of rotatable bonds is 5. The number of methoxy groups -OCH3 is 1. The number of nitrogens with zero attached hydrogens (tertiary/aromatic N) is 5. The summed E-state index contributed by atoms with van der Waals surface area (Å²) in [4.78, 5) is 9.18. The molecule has 0 aliphatic carbocycles. The van der Waals surface area contributed by atoms with Crippen molar-refractivity contribution in [1.82, 2.24) is 19.7 Å². The maximum Gasteiger partial charge on any atom is 0.288 e. The molecule has 2 aromatic heterocycles. The summed E-state index contributed by atoms with van der Waals surface area (Å²) < 4.78 is 12.6. The summed E-state index contributed by atoms with van der Waals surface area (Å²) in [6.45, 7) is 4.39. The van der Waals surface area contributed by atoms with E-state index in [2.05, 4.69) is 32.0 Å². The summed E-state index contributed by atoms with van der Waals surface area (Å²) in [7, 11) is 1.68. The highest BCUT2D eigenvalue weighted by molar-refractivity contribution is 7.71.